The fraction of sp³-hybridized carbons (Fsp3) is 0.267. The molecular weight excluding hydrogens is 270 g/mol. The molecule has 2 aromatic rings. The zero-order chi connectivity index (χ0) is 14.8. The Morgan fingerprint density at radius 2 is 2.14 bits per heavy atom. The van der Waals surface area contributed by atoms with Crippen LogP contribution in [-0.2, 0) is 7.05 Å². The predicted molar refractivity (Wildman–Crippen MR) is 73.3 cm³/mol. The Labute approximate surface area is 121 Å². The van der Waals surface area contributed by atoms with Crippen molar-refractivity contribution >= 4 is 5.78 Å². The van der Waals surface area contributed by atoms with E-state index < -0.39 is 5.92 Å². The molecule has 1 atom stereocenters. The first-order chi connectivity index (χ1) is 10.2. The second-order valence-corrected chi connectivity index (χ2v) is 4.73. The highest BCUT2D eigenvalue weighted by Gasteiger charge is 2.24. The largest absolute Gasteiger partial charge is 0.486 e. The van der Waals surface area contributed by atoms with E-state index in [2.05, 4.69) is 5.10 Å². The fourth-order valence-electron chi connectivity index (χ4n) is 2.24. The molecule has 0 bridgehead atoms. The lowest BCUT2D eigenvalue weighted by molar-refractivity contribution is 0.0978. The summed E-state index contributed by atoms with van der Waals surface area (Å²) in [6, 6.07) is 7.19. The van der Waals surface area contributed by atoms with Gasteiger partial charge in [-0.3, -0.25) is 9.48 Å². The molecule has 0 spiro atoms. The molecule has 0 amide bonds. The zero-order valence-corrected chi connectivity index (χ0v) is 11.4. The van der Waals surface area contributed by atoms with Gasteiger partial charge in [0.25, 0.3) is 0 Å². The molecule has 0 fully saturated rings. The predicted octanol–water partition coefficient (Wildman–Crippen LogP) is 1.68. The fourth-order valence-corrected chi connectivity index (χ4v) is 2.24. The Morgan fingerprint density at radius 3 is 2.81 bits per heavy atom. The third-order valence-corrected chi connectivity index (χ3v) is 3.28. The summed E-state index contributed by atoms with van der Waals surface area (Å²) in [4.78, 5) is 12.4. The maximum Gasteiger partial charge on any atom is 0.187 e. The molecule has 1 aromatic carbocycles. The summed E-state index contributed by atoms with van der Waals surface area (Å²) in [5, 5.41) is 13.3. The van der Waals surface area contributed by atoms with Crippen LogP contribution in [0.15, 0.2) is 30.6 Å². The number of Topliss-reactive ketones (excluding diaryl/α,β-unsaturated/α-hetero) is 1. The molecule has 1 aliphatic heterocycles. The molecule has 6 nitrogen and oxygen atoms in total. The van der Waals surface area contributed by atoms with Crippen LogP contribution >= 0.6 is 0 Å². The van der Waals surface area contributed by atoms with Crippen molar-refractivity contribution in [3.05, 3.63) is 41.7 Å². The summed E-state index contributed by atoms with van der Waals surface area (Å²) in [6.07, 6.45) is 3.06. The summed E-state index contributed by atoms with van der Waals surface area (Å²) >= 11 is 0. The van der Waals surface area contributed by atoms with Gasteiger partial charge < -0.3 is 9.47 Å². The SMILES string of the molecule is Cn1cc(C(=O)C(C#N)c2ccc3c(c2)OCCO3)cn1. The number of carbonyl (C=O) groups is 1. The molecule has 1 aromatic heterocycles. The first kappa shape index (κ1) is 13.2. The lowest BCUT2D eigenvalue weighted by Gasteiger charge is -2.19. The smallest absolute Gasteiger partial charge is 0.187 e. The Hall–Kier alpha value is -2.81. The van der Waals surface area contributed by atoms with E-state index in [1.165, 1.54) is 10.9 Å². The number of aromatic nitrogens is 2. The summed E-state index contributed by atoms with van der Waals surface area (Å²) in [6.45, 7) is 0.965. The molecule has 6 heteroatoms. The maximum atomic E-state index is 12.4. The van der Waals surface area contributed by atoms with Crippen molar-refractivity contribution in [2.45, 2.75) is 5.92 Å². The van der Waals surface area contributed by atoms with E-state index in [-0.39, 0.29) is 5.78 Å². The molecule has 1 aliphatic rings. The Balaban J connectivity index is 1.93. The van der Waals surface area contributed by atoms with Gasteiger partial charge in [-0.05, 0) is 17.7 Å². The Kier molecular flexibility index (Phi) is 3.32. The third kappa shape index (κ3) is 2.46. The van der Waals surface area contributed by atoms with Crippen molar-refractivity contribution in [3.63, 3.8) is 0 Å². The van der Waals surface area contributed by atoms with Crippen LogP contribution in [0.5, 0.6) is 11.5 Å². The highest BCUT2D eigenvalue weighted by Crippen LogP contribution is 2.33. The molecule has 0 aliphatic carbocycles. The van der Waals surface area contributed by atoms with Gasteiger partial charge in [0.1, 0.15) is 19.1 Å². The van der Waals surface area contributed by atoms with Gasteiger partial charge in [-0.1, -0.05) is 6.07 Å². The van der Waals surface area contributed by atoms with Crippen molar-refractivity contribution in [2.24, 2.45) is 7.05 Å². The van der Waals surface area contributed by atoms with Gasteiger partial charge in [-0.15, -0.1) is 0 Å². The second kappa shape index (κ2) is 5.29. The summed E-state index contributed by atoms with van der Waals surface area (Å²) < 4.78 is 12.5. The molecule has 0 radical (unpaired) electrons. The van der Waals surface area contributed by atoms with Crippen molar-refractivity contribution in [1.29, 1.82) is 5.26 Å². The number of fused-ring (bicyclic) bond motifs is 1. The van der Waals surface area contributed by atoms with Crippen LogP contribution in [0.3, 0.4) is 0 Å². The first-order valence-corrected chi connectivity index (χ1v) is 6.51. The van der Waals surface area contributed by atoms with Crippen LogP contribution in [0.2, 0.25) is 0 Å². The average Bonchev–Trinajstić information content (AvgIpc) is 2.94. The van der Waals surface area contributed by atoms with Gasteiger partial charge in [-0.25, -0.2) is 0 Å². The van der Waals surface area contributed by atoms with Crippen molar-refractivity contribution < 1.29 is 14.3 Å². The minimum Gasteiger partial charge on any atom is -0.486 e. The third-order valence-electron chi connectivity index (χ3n) is 3.28. The average molecular weight is 283 g/mol. The summed E-state index contributed by atoms with van der Waals surface area (Å²) in [5.41, 5.74) is 1.01. The number of benzene rings is 1. The second-order valence-electron chi connectivity index (χ2n) is 4.73. The van der Waals surface area contributed by atoms with Crippen LogP contribution in [-0.4, -0.2) is 28.8 Å². The van der Waals surface area contributed by atoms with E-state index in [0.29, 0.717) is 35.8 Å². The minimum atomic E-state index is -0.884. The zero-order valence-electron chi connectivity index (χ0n) is 11.4. The molecule has 0 saturated heterocycles. The number of rotatable bonds is 3. The van der Waals surface area contributed by atoms with E-state index in [1.807, 2.05) is 6.07 Å². The lowest BCUT2D eigenvalue weighted by atomic mass is 9.93. The highest BCUT2D eigenvalue weighted by molar-refractivity contribution is 6.02. The van der Waals surface area contributed by atoms with Crippen LogP contribution in [0.1, 0.15) is 21.8 Å². The van der Waals surface area contributed by atoms with Crippen molar-refractivity contribution in [1.82, 2.24) is 9.78 Å². The highest BCUT2D eigenvalue weighted by atomic mass is 16.6. The number of ether oxygens (including phenoxy) is 2. The molecule has 0 saturated carbocycles. The first-order valence-electron chi connectivity index (χ1n) is 6.51. The Bertz CT molecular complexity index is 730. The van der Waals surface area contributed by atoms with Gasteiger partial charge in [0.05, 0.1) is 17.8 Å². The molecule has 2 heterocycles. The van der Waals surface area contributed by atoms with E-state index in [9.17, 15) is 10.1 Å². The number of nitrogens with zero attached hydrogens (tertiary/aromatic N) is 3. The van der Waals surface area contributed by atoms with E-state index in [4.69, 9.17) is 9.47 Å². The molecule has 0 N–H and O–H groups in total. The standard InChI is InChI=1S/C15H13N3O3/c1-18-9-11(8-17-18)15(19)12(7-16)10-2-3-13-14(6-10)21-5-4-20-13/h2-3,6,8-9,12H,4-5H2,1H3. The van der Waals surface area contributed by atoms with Crippen LogP contribution < -0.4 is 9.47 Å². The van der Waals surface area contributed by atoms with Crippen molar-refractivity contribution in [2.75, 3.05) is 13.2 Å². The number of nitriles is 1. The van der Waals surface area contributed by atoms with Crippen LogP contribution in [0.4, 0.5) is 0 Å². The van der Waals surface area contributed by atoms with Gasteiger partial charge in [0, 0.05) is 13.2 Å². The van der Waals surface area contributed by atoms with E-state index in [0.717, 1.165) is 0 Å². The number of ketones is 1. The van der Waals surface area contributed by atoms with E-state index in [1.54, 1.807) is 31.4 Å². The van der Waals surface area contributed by atoms with Crippen LogP contribution in [0.25, 0.3) is 0 Å². The molecule has 106 valence electrons. The molecule has 21 heavy (non-hydrogen) atoms. The summed E-state index contributed by atoms with van der Waals surface area (Å²) in [7, 11) is 1.72. The molecular formula is C15H13N3O3. The molecule has 1 unspecified atom stereocenters. The summed E-state index contributed by atoms with van der Waals surface area (Å²) in [5.74, 6) is 0.0424. The van der Waals surface area contributed by atoms with Crippen LogP contribution in [0, 0.1) is 11.3 Å². The van der Waals surface area contributed by atoms with Gasteiger partial charge >= 0.3 is 0 Å². The maximum absolute atomic E-state index is 12.4. The van der Waals surface area contributed by atoms with Gasteiger partial charge in [0.15, 0.2) is 17.3 Å². The lowest BCUT2D eigenvalue weighted by Crippen LogP contribution is -2.16. The monoisotopic (exact) mass is 283 g/mol. The normalized spacial score (nSPS) is 14.3. The quantitative estimate of drug-likeness (QED) is 0.801. The van der Waals surface area contributed by atoms with Gasteiger partial charge in [-0.2, -0.15) is 10.4 Å². The topological polar surface area (TPSA) is 77.1 Å². The van der Waals surface area contributed by atoms with Crippen molar-refractivity contribution in [3.8, 4) is 17.6 Å². The number of hydrogen-bond acceptors (Lipinski definition) is 5. The van der Waals surface area contributed by atoms with E-state index >= 15 is 0 Å². The number of aryl methyl sites for hydroxylation is 1. The number of hydrogen-bond donors (Lipinski definition) is 0. The molecule has 3 rings (SSSR count). The number of carbonyl (C=O) groups excluding carboxylic acids is 1. The minimum absolute atomic E-state index is 0.276. The van der Waals surface area contributed by atoms with Gasteiger partial charge in [0.2, 0.25) is 0 Å². The Morgan fingerprint density at radius 1 is 1.38 bits per heavy atom.